The number of carbonyl (C=O) groups excluding carboxylic acids is 1. The third kappa shape index (κ3) is 2.06. The minimum Gasteiger partial charge on any atom is -0.364 e. The van der Waals surface area contributed by atoms with Crippen molar-refractivity contribution in [1.29, 1.82) is 0 Å². The summed E-state index contributed by atoms with van der Waals surface area (Å²) >= 11 is 0. The Morgan fingerprint density at radius 3 is 2.79 bits per heavy atom. The monoisotopic (exact) mass is 255 g/mol. The van der Waals surface area contributed by atoms with E-state index in [2.05, 4.69) is 9.97 Å². The van der Waals surface area contributed by atoms with Crippen LogP contribution >= 0.6 is 0 Å². The minimum absolute atomic E-state index is 0.305. The highest BCUT2D eigenvalue weighted by atomic mass is 19.1. The molecule has 5 heteroatoms. The number of halogens is 1. The van der Waals surface area contributed by atoms with Gasteiger partial charge in [0.25, 0.3) is 5.91 Å². The number of nitrogens with zero attached hydrogens (tertiary/aromatic N) is 1. The van der Waals surface area contributed by atoms with Crippen LogP contribution in [-0.4, -0.2) is 15.9 Å². The van der Waals surface area contributed by atoms with Gasteiger partial charge in [0.15, 0.2) is 0 Å². The lowest BCUT2D eigenvalue weighted by atomic mass is 10.1. The Bertz CT molecular complexity index is 779. The lowest BCUT2D eigenvalue weighted by molar-refractivity contribution is 0.0996. The molecule has 2 heterocycles. The summed E-state index contributed by atoms with van der Waals surface area (Å²) in [5.74, 6) is -0.853. The number of benzene rings is 1. The molecule has 0 spiro atoms. The summed E-state index contributed by atoms with van der Waals surface area (Å²) in [7, 11) is 0. The van der Waals surface area contributed by atoms with Crippen LogP contribution in [0.15, 0.2) is 42.5 Å². The summed E-state index contributed by atoms with van der Waals surface area (Å²) in [4.78, 5) is 18.3. The number of nitrogens with one attached hydrogen (secondary N) is 1. The number of nitrogens with two attached hydrogens (primary N) is 1. The van der Waals surface area contributed by atoms with Gasteiger partial charge in [-0.1, -0.05) is 12.1 Å². The summed E-state index contributed by atoms with van der Waals surface area (Å²) in [5.41, 5.74) is 7.36. The molecule has 0 aliphatic heterocycles. The molecule has 0 bridgehead atoms. The lowest BCUT2D eigenvalue weighted by Gasteiger charge is -2.00. The SMILES string of the molecule is NC(=O)c1cc2ccc(-c3cccc(F)c3)nc2[nH]1. The molecule has 0 saturated carbocycles. The number of hydrogen-bond acceptors (Lipinski definition) is 2. The molecule has 4 nitrogen and oxygen atoms in total. The highest BCUT2D eigenvalue weighted by Crippen LogP contribution is 2.21. The minimum atomic E-state index is -0.537. The Morgan fingerprint density at radius 2 is 2.05 bits per heavy atom. The molecule has 3 N–H and O–H groups in total. The summed E-state index contributed by atoms with van der Waals surface area (Å²) in [6, 6.07) is 11.4. The van der Waals surface area contributed by atoms with Gasteiger partial charge in [0.1, 0.15) is 17.2 Å². The first-order chi connectivity index (χ1) is 9.13. The molecule has 3 rings (SSSR count). The maximum Gasteiger partial charge on any atom is 0.265 e. The summed E-state index contributed by atoms with van der Waals surface area (Å²) in [5, 5.41) is 0.786. The second-order valence-electron chi connectivity index (χ2n) is 4.19. The van der Waals surface area contributed by atoms with Crippen LogP contribution in [0.3, 0.4) is 0 Å². The number of rotatable bonds is 2. The van der Waals surface area contributed by atoms with Gasteiger partial charge in [-0.25, -0.2) is 9.37 Å². The van der Waals surface area contributed by atoms with Gasteiger partial charge in [-0.15, -0.1) is 0 Å². The average Bonchev–Trinajstić information content (AvgIpc) is 2.81. The van der Waals surface area contributed by atoms with Gasteiger partial charge in [0.05, 0.1) is 5.69 Å². The first-order valence-electron chi connectivity index (χ1n) is 5.69. The van der Waals surface area contributed by atoms with E-state index in [9.17, 15) is 9.18 Å². The van der Waals surface area contributed by atoms with Crippen molar-refractivity contribution in [3.05, 3.63) is 54.0 Å². The van der Waals surface area contributed by atoms with Gasteiger partial charge in [0, 0.05) is 10.9 Å². The van der Waals surface area contributed by atoms with Crippen LogP contribution in [0.25, 0.3) is 22.3 Å². The Kier molecular flexibility index (Phi) is 2.52. The van der Waals surface area contributed by atoms with E-state index in [4.69, 9.17) is 5.73 Å². The van der Waals surface area contributed by atoms with Gasteiger partial charge in [-0.2, -0.15) is 0 Å². The van der Waals surface area contributed by atoms with Crippen LogP contribution in [0.5, 0.6) is 0 Å². The van der Waals surface area contributed by atoms with Gasteiger partial charge in [0.2, 0.25) is 0 Å². The zero-order valence-corrected chi connectivity index (χ0v) is 9.85. The van der Waals surface area contributed by atoms with Gasteiger partial charge < -0.3 is 10.7 Å². The highest BCUT2D eigenvalue weighted by Gasteiger charge is 2.08. The van der Waals surface area contributed by atoms with Crippen molar-refractivity contribution in [2.24, 2.45) is 5.73 Å². The predicted octanol–water partition coefficient (Wildman–Crippen LogP) is 2.47. The van der Waals surface area contributed by atoms with Crippen molar-refractivity contribution in [2.75, 3.05) is 0 Å². The Labute approximate surface area is 108 Å². The fraction of sp³-hybridized carbons (Fsp3) is 0. The maximum atomic E-state index is 13.2. The summed E-state index contributed by atoms with van der Waals surface area (Å²) in [6.07, 6.45) is 0. The van der Waals surface area contributed by atoms with E-state index in [1.807, 2.05) is 6.07 Å². The molecular formula is C14H10FN3O. The molecule has 0 saturated heterocycles. The number of amides is 1. The van der Waals surface area contributed by atoms with E-state index in [0.29, 0.717) is 22.6 Å². The largest absolute Gasteiger partial charge is 0.364 e. The van der Waals surface area contributed by atoms with Crippen molar-refractivity contribution in [3.63, 3.8) is 0 Å². The van der Waals surface area contributed by atoms with Crippen molar-refractivity contribution in [1.82, 2.24) is 9.97 Å². The van der Waals surface area contributed by atoms with E-state index >= 15 is 0 Å². The summed E-state index contributed by atoms with van der Waals surface area (Å²) < 4.78 is 13.2. The van der Waals surface area contributed by atoms with E-state index < -0.39 is 5.91 Å². The van der Waals surface area contributed by atoms with Crippen LogP contribution in [-0.2, 0) is 0 Å². The zero-order chi connectivity index (χ0) is 13.4. The van der Waals surface area contributed by atoms with Crippen molar-refractivity contribution >= 4 is 16.9 Å². The Morgan fingerprint density at radius 1 is 1.21 bits per heavy atom. The molecule has 1 aromatic carbocycles. The Balaban J connectivity index is 2.13. The number of pyridine rings is 1. The maximum absolute atomic E-state index is 13.2. The molecule has 0 unspecified atom stereocenters. The van der Waals surface area contributed by atoms with Crippen LogP contribution in [0, 0.1) is 5.82 Å². The summed E-state index contributed by atoms with van der Waals surface area (Å²) in [6.45, 7) is 0. The topological polar surface area (TPSA) is 71.8 Å². The molecule has 0 fully saturated rings. The second kappa shape index (κ2) is 4.20. The molecule has 3 aromatic rings. The molecule has 0 aliphatic rings. The third-order valence-electron chi connectivity index (χ3n) is 2.87. The van der Waals surface area contributed by atoms with E-state index in [1.165, 1.54) is 12.1 Å². The van der Waals surface area contributed by atoms with E-state index in [-0.39, 0.29) is 5.82 Å². The normalized spacial score (nSPS) is 10.8. The molecular weight excluding hydrogens is 245 g/mol. The number of fused-ring (bicyclic) bond motifs is 1. The van der Waals surface area contributed by atoms with Gasteiger partial charge in [-0.3, -0.25) is 4.79 Å². The molecule has 19 heavy (non-hydrogen) atoms. The van der Waals surface area contributed by atoms with Crippen LogP contribution < -0.4 is 5.73 Å². The van der Waals surface area contributed by atoms with Crippen molar-refractivity contribution < 1.29 is 9.18 Å². The van der Waals surface area contributed by atoms with Crippen molar-refractivity contribution in [2.45, 2.75) is 0 Å². The standard InChI is InChI=1S/C14H10FN3O/c15-10-3-1-2-8(6-10)11-5-4-9-7-12(13(16)19)18-14(9)17-11/h1-7H,(H2,16,19)(H,17,18). The smallest absolute Gasteiger partial charge is 0.265 e. The fourth-order valence-electron chi connectivity index (χ4n) is 1.95. The van der Waals surface area contributed by atoms with E-state index in [0.717, 1.165) is 5.39 Å². The lowest BCUT2D eigenvalue weighted by Crippen LogP contribution is -2.10. The highest BCUT2D eigenvalue weighted by molar-refractivity contribution is 5.96. The van der Waals surface area contributed by atoms with Crippen LogP contribution in [0.2, 0.25) is 0 Å². The number of primary amides is 1. The number of aromatic nitrogens is 2. The predicted molar refractivity (Wildman–Crippen MR) is 70.0 cm³/mol. The van der Waals surface area contributed by atoms with Gasteiger partial charge >= 0.3 is 0 Å². The van der Waals surface area contributed by atoms with Crippen molar-refractivity contribution in [3.8, 4) is 11.3 Å². The zero-order valence-electron chi connectivity index (χ0n) is 9.85. The van der Waals surface area contributed by atoms with E-state index in [1.54, 1.807) is 24.3 Å². The van der Waals surface area contributed by atoms with Crippen LogP contribution in [0.1, 0.15) is 10.5 Å². The average molecular weight is 255 g/mol. The molecule has 0 aliphatic carbocycles. The fourth-order valence-corrected chi connectivity index (χ4v) is 1.95. The second-order valence-corrected chi connectivity index (χ2v) is 4.19. The van der Waals surface area contributed by atoms with Crippen LogP contribution in [0.4, 0.5) is 4.39 Å². The molecule has 94 valence electrons. The number of carbonyl (C=O) groups is 1. The Hall–Kier alpha value is -2.69. The van der Waals surface area contributed by atoms with Gasteiger partial charge in [-0.05, 0) is 30.3 Å². The molecule has 0 atom stereocenters. The first-order valence-corrected chi connectivity index (χ1v) is 5.69. The molecule has 2 aromatic heterocycles. The number of hydrogen-bond donors (Lipinski definition) is 2. The number of aromatic amines is 1. The number of H-pyrrole nitrogens is 1. The first kappa shape index (κ1) is 11.4. The quantitative estimate of drug-likeness (QED) is 0.738. The molecule has 0 radical (unpaired) electrons. The third-order valence-corrected chi connectivity index (χ3v) is 2.87. The molecule has 1 amide bonds.